The van der Waals surface area contributed by atoms with Gasteiger partial charge in [0, 0.05) is 25.1 Å². The number of rotatable bonds is 5. The first kappa shape index (κ1) is 15.7. The fourth-order valence-electron chi connectivity index (χ4n) is 2.35. The van der Waals surface area contributed by atoms with E-state index in [1.54, 1.807) is 18.9 Å². The molecule has 2 N–H and O–H groups in total. The van der Waals surface area contributed by atoms with Crippen molar-refractivity contribution in [3.63, 3.8) is 0 Å². The highest BCUT2D eigenvalue weighted by molar-refractivity contribution is 6.31. The van der Waals surface area contributed by atoms with Crippen molar-refractivity contribution >= 4 is 11.6 Å². The maximum atomic E-state index is 6.34. The average Bonchev–Trinajstić information content (AvgIpc) is 2.72. The van der Waals surface area contributed by atoms with Crippen LogP contribution in [0.25, 0.3) is 0 Å². The average molecular weight is 310 g/mol. The molecule has 1 heterocycles. The van der Waals surface area contributed by atoms with Crippen molar-refractivity contribution in [1.82, 2.24) is 9.78 Å². The van der Waals surface area contributed by atoms with Crippen LogP contribution in [0.15, 0.2) is 18.2 Å². The zero-order chi connectivity index (χ0) is 15.6. The summed E-state index contributed by atoms with van der Waals surface area (Å²) in [5, 5.41) is 4.97. The molecule has 21 heavy (non-hydrogen) atoms. The smallest absolute Gasteiger partial charge is 0.123 e. The molecule has 1 aromatic carbocycles. The fourth-order valence-corrected chi connectivity index (χ4v) is 2.59. The predicted molar refractivity (Wildman–Crippen MR) is 83.1 cm³/mol. The molecule has 0 aliphatic rings. The van der Waals surface area contributed by atoms with E-state index in [4.69, 9.17) is 26.8 Å². The van der Waals surface area contributed by atoms with Crippen LogP contribution in [0, 0.1) is 6.92 Å². The lowest BCUT2D eigenvalue weighted by molar-refractivity contribution is 0.394. The molecule has 0 radical (unpaired) electrons. The third-order valence-electron chi connectivity index (χ3n) is 3.51. The zero-order valence-corrected chi connectivity index (χ0v) is 13.4. The van der Waals surface area contributed by atoms with Gasteiger partial charge in [0.2, 0.25) is 0 Å². The summed E-state index contributed by atoms with van der Waals surface area (Å²) in [6, 6.07) is 5.32. The number of aromatic nitrogens is 2. The second-order valence-electron chi connectivity index (χ2n) is 4.89. The van der Waals surface area contributed by atoms with Gasteiger partial charge in [0.15, 0.2) is 0 Å². The SMILES string of the molecule is COc1ccc(OC)c(C(N)Cc2c(Cl)c(C)nn2C)c1. The number of aryl methyl sites for hydroxylation is 2. The molecule has 114 valence electrons. The molecule has 1 atom stereocenters. The predicted octanol–water partition coefficient (Wildman–Crippen LogP) is 2.64. The quantitative estimate of drug-likeness (QED) is 0.922. The van der Waals surface area contributed by atoms with Crippen molar-refractivity contribution < 1.29 is 9.47 Å². The molecule has 0 saturated heterocycles. The van der Waals surface area contributed by atoms with E-state index >= 15 is 0 Å². The van der Waals surface area contributed by atoms with Crippen LogP contribution in [-0.2, 0) is 13.5 Å². The highest BCUT2D eigenvalue weighted by atomic mass is 35.5. The van der Waals surface area contributed by atoms with Crippen molar-refractivity contribution in [1.29, 1.82) is 0 Å². The summed E-state index contributed by atoms with van der Waals surface area (Å²) in [5.41, 5.74) is 8.93. The van der Waals surface area contributed by atoms with Gasteiger partial charge in [-0.2, -0.15) is 5.10 Å². The molecule has 0 aliphatic heterocycles. The molecule has 0 amide bonds. The standard InChI is InChI=1S/C15H20ClN3O2/c1-9-15(16)13(19(2)18-9)8-12(17)11-7-10(20-3)5-6-14(11)21-4/h5-7,12H,8,17H2,1-4H3. The molecule has 0 bridgehead atoms. The van der Waals surface area contributed by atoms with Crippen LogP contribution in [0.1, 0.15) is 23.0 Å². The number of halogens is 1. The molecular weight excluding hydrogens is 290 g/mol. The number of methoxy groups -OCH3 is 2. The number of nitrogens with zero attached hydrogens (tertiary/aromatic N) is 2. The minimum atomic E-state index is -0.262. The van der Waals surface area contributed by atoms with Crippen LogP contribution >= 0.6 is 11.6 Å². The topological polar surface area (TPSA) is 62.3 Å². The molecule has 0 aliphatic carbocycles. The first-order valence-corrected chi connectivity index (χ1v) is 7.01. The molecule has 0 saturated carbocycles. The second-order valence-corrected chi connectivity index (χ2v) is 5.27. The molecule has 2 aromatic rings. The van der Waals surface area contributed by atoms with E-state index in [-0.39, 0.29) is 6.04 Å². The lowest BCUT2D eigenvalue weighted by Gasteiger charge is -2.17. The molecular formula is C15H20ClN3O2. The van der Waals surface area contributed by atoms with Crippen LogP contribution in [0.2, 0.25) is 5.02 Å². The van der Waals surface area contributed by atoms with Gasteiger partial charge in [-0.25, -0.2) is 0 Å². The van der Waals surface area contributed by atoms with Crippen molar-refractivity contribution in [2.24, 2.45) is 12.8 Å². The molecule has 1 unspecified atom stereocenters. The third kappa shape index (κ3) is 3.14. The summed E-state index contributed by atoms with van der Waals surface area (Å²) in [6.07, 6.45) is 0.569. The molecule has 0 spiro atoms. The first-order valence-electron chi connectivity index (χ1n) is 6.63. The Labute approximate surface area is 129 Å². The summed E-state index contributed by atoms with van der Waals surface area (Å²) in [7, 11) is 5.11. The lowest BCUT2D eigenvalue weighted by atomic mass is 10.0. The maximum Gasteiger partial charge on any atom is 0.123 e. The van der Waals surface area contributed by atoms with Crippen molar-refractivity contribution in [3.8, 4) is 11.5 Å². The number of nitrogens with two attached hydrogens (primary N) is 1. The van der Waals surface area contributed by atoms with Crippen LogP contribution in [0.4, 0.5) is 0 Å². The highest BCUT2D eigenvalue weighted by Gasteiger charge is 2.19. The van der Waals surface area contributed by atoms with Gasteiger partial charge >= 0.3 is 0 Å². The molecule has 1 aromatic heterocycles. The minimum Gasteiger partial charge on any atom is -0.497 e. The summed E-state index contributed by atoms with van der Waals surface area (Å²) in [5.74, 6) is 1.48. The minimum absolute atomic E-state index is 0.262. The van der Waals surface area contributed by atoms with Gasteiger partial charge in [0.1, 0.15) is 11.5 Å². The Kier molecular flexibility index (Phi) is 4.75. The number of ether oxygens (including phenoxy) is 2. The number of benzene rings is 1. The van der Waals surface area contributed by atoms with E-state index in [0.29, 0.717) is 11.4 Å². The summed E-state index contributed by atoms with van der Waals surface area (Å²) < 4.78 is 12.4. The Morgan fingerprint density at radius 3 is 2.57 bits per heavy atom. The van der Waals surface area contributed by atoms with Gasteiger partial charge in [-0.05, 0) is 25.1 Å². The van der Waals surface area contributed by atoms with Gasteiger partial charge in [0.25, 0.3) is 0 Å². The van der Waals surface area contributed by atoms with Crippen molar-refractivity contribution in [3.05, 3.63) is 40.2 Å². The molecule has 6 heteroatoms. The van der Waals surface area contributed by atoms with Gasteiger partial charge in [-0.3, -0.25) is 4.68 Å². The fraction of sp³-hybridized carbons (Fsp3) is 0.400. The van der Waals surface area contributed by atoms with Gasteiger partial charge in [0.05, 0.1) is 30.6 Å². The Morgan fingerprint density at radius 1 is 1.33 bits per heavy atom. The van der Waals surface area contributed by atoms with Gasteiger partial charge < -0.3 is 15.2 Å². The number of hydrogen-bond acceptors (Lipinski definition) is 4. The van der Waals surface area contributed by atoms with E-state index in [0.717, 1.165) is 28.5 Å². The third-order valence-corrected chi connectivity index (χ3v) is 4.00. The Morgan fingerprint density at radius 2 is 2.05 bits per heavy atom. The van der Waals surface area contributed by atoms with Gasteiger partial charge in [-0.15, -0.1) is 0 Å². The Bertz CT molecular complexity index is 640. The molecule has 2 rings (SSSR count). The molecule has 5 nitrogen and oxygen atoms in total. The molecule has 0 fully saturated rings. The summed E-state index contributed by atoms with van der Waals surface area (Å²) >= 11 is 6.28. The maximum absolute atomic E-state index is 6.34. The van der Waals surface area contributed by atoms with E-state index < -0.39 is 0 Å². The normalized spacial score (nSPS) is 12.3. The first-order chi connectivity index (χ1) is 9.97. The van der Waals surface area contributed by atoms with Crippen LogP contribution in [0.3, 0.4) is 0 Å². The Hall–Kier alpha value is -1.72. The van der Waals surface area contributed by atoms with E-state index in [1.807, 2.05) is 32.2 Å². The van der Waals surface area contributed by atoms with E-state index in [9.17, 15) is 0 Å². The highest BCUT2D eigenvalue weighted by Crippen LogP contribution is 2.31. The van der Waals surface area contributed by atoms with Crippen molar-refractivity contribution in [2.45, 2.75) is 19.4 Å². The van der Waals surface area contributed by atoms with Crippen LogP contribution in [0.5, 0.6) is 11.5 Å². The van der Waals surface area contributed by atoms with E-state index in [1.165, 1.54) is 0 Å². The summed E-state index contributed by atoms with van der Waals surface area (Å²) in [6.45, 7) is 1.88. The summed E-state index contributed by atoms with van der Waals surface area (Å²) in [4.78, 5) is 0. The number of hydrogen-bond donors (Lipinski definition) is 1. The van der Waals surface area contributed by atoms with Crippen LogP contribution < -0.4 is 15.2 Å². The largest absolute Gasteiger partial charge is 0.497 e. The second kappa shape index (κ2) is 6.37. The monoisotopic (exact) mass is 309 g/mol. The van der Waals surface area contributed by atoms with Gasteiger partial charge in [-0.1, -0.05) is 11.6 Å². The van der Waals surface area contributed by atoms with Crippen molar-refractivity contribution in [2.75, 3.05) is 14.2 Å². The van der Waals surface area contributed by atoms with E-state index in [2.05, 4.69) is 5.10 Å². The Balaban J connectivity index is 2.33. The zero-order valence-electron chi connectivity index (χ0n) is 12.7. The lowest BCUT2D eigenvalue weighted by Crippen LogP contribution is -2.16. The van der Waals surface area contributed by atoms with Crippen LogP contribution in [-0.4, -0.2) is 24.0 Å².